The van der Waals surface area contributed by atoms with E-state index in [0.717, 1.165) is 32.5 Å². The topological polar surface area (TPSA) is 153 Å². The predicted octanol–water partition coefficient (Wildman–Crippen LogP) is 4.13. The third-order valence-electron chi connectivity index (χ3n) is 9.98. The third kappa shape index (κ3) is 12.2. The van der Waals surface area contributed by atoms with Crippen LogP contribution in [0.15, 0.2) is 36.0 Å². The van der Waals surface area contributed by atoms with Crippen molar-refractivity contribution in [2.75, 3.05) is 32.7 Å². The smallest absolute Gasteiger partial charge is 0.410 e. The molecule has 48 heavy (non-hydrogen) atoms. The summed E-state index contributed by atoms with van der Waals surface area (Å²) < 4.78 is 17.6. The lowest BCUT2D eigenvalue weighted by Gasteiger charge is -2.34. The van der Waals surface area contributed by atoms with Crippen LogP contribution in [0.3, 0.4) is 0 Å². The Morgan fingerprint density at radius 2 is 1.96 bits per heavy atom. The molecule has 3 aliphatic heterocycles. The fourth-order valence-electron chi connectivity index (χ4n) is 6.68. The van der Waals surface area contributed by atoms with Gasteiger partial charge in [0.15, 0.2) is 6.10 Å². The molecule has 10 unspecified atom stereocenters. The molecule has 2 fully saturated rings. The summed E-state index contributed by atoms with van der Waals surface area (Å²) in [6.45, 7) is 16.8. The summed E-state index contributed by atoms with van der Waals surface area (Å²) in [7, 11) is 0. The minimum atomic E-state index is -1.48. The molecule has 11 heteroatoms. The Morgan fingerprint density at radius 3 is 2.65 bits per heavy atom. The van der Waals surface area contributed by atoms with Crippen LogP contribution in [0.5, 0.6) is 0 Å². The number of esters is 1. The number of hydrogen-bond acceptors (Lipinski definition) is 10. The number of rotatable bonds is 11. The first-order chi connectivity index (χ1) is 22.6. The Balaban J connectivity index is 1.74. The van der Waals surface area contributed by atoms with Crippen LogP contribution in [0.2, 0.25) is 0 Å². The molecule has 11 nitrogen and oxygen atoms in total. The van der Waals surface area contributed by atoms with Gasteiger partial charge in [0.05, 0.1) is 36.4 Å². The number of cyclic esters (lactones) is 1. The molecule has 274 valence electrons. The number of aliphatic hydroxyl groups excluding tert-OH is 2. The maximum Gasteiger partial charge on any atom is 0.410 e. The van der Waals surface area contributed by atoms with Gasteiger partial charge in [-0.15, -0.1) is 0 Å². The van der Waals surface area contributed by atoms with Crippen molar-refractivity contribution in [3.05, 3.63) is 36.0 Å². The van der Waals surface area contributed by atoms with Crippen LogP contribution in [0.1, 0.15) is 93.4 Å². The van der Waals surface area contributed by atoms with Crippen LogP contribution in [0.25, 0.3) is 0 Å². The minimum Gasteiger partial charge on any atom is -0.457 e. The van der Waals surface area contributed by atoms with Crippen LogP contribution in [0, 0.1) is 11.8 Å². The van der Waals surface area contributed by atoms with Crippen molar-refractivity contribution in [3.63, 3.8) is 0 Å². The number of aliphatic hydroxyl groups is 4. The summed E-state index contributed by atoms with van der Waals surface area (Å²) in [5, 5.41) is 43.3. The van der Waals surface area contributed by atoms with E-state index in [1.165, 1.54) is 0 Å². The highest BCUT2D eigenvalue weighted by molar-refractivity contribution is 5.70. The number of allylic oxidation sites excluding steroid dienone is 2. The second-order valence-electron chi connectivity index (χ2n) is 14.7. The van der Waals surface area contributed by atoms with Crippen molar-refractivity contribution in [2.45, 2.75) is 141 Å². The predicted molar refractivity (Wildman–Crippen MR) is 184 cm³/mol. The molecule has 2 saturated heterocycles. The molecule has 0 spiro atoms. The quantitative estimate of drug-likeness (QED) is 0.109. The molecule has 0 aliphatic carbocycles. The summed E-state index contributed by atoms with van der Waals surface area (Å²) in [4.78, 5) is 30.2. The summed E-state index contributed by atoms with van der Waals surface area (Å²) in [6.07, 6.45) is 7.67. The second kappa shape index (κ2) is 18.1. The van der Waals surface area contributed by atoms with Crippen LogP contribution in [-0.2, 0) is 19.0 Å². The Bertz CT molecular complexity index is 1140. The minimum absolute atomic E-state index is 0.0107. The van der Waals surface area contributed by atoms with E-state index in [2.05, 4.69) is 11.8 Å². The first-order valence-corrected chi connectivity index (χ1v) is 17.9. The molecule has 3 aliphatic rings. The highest BCUT2D eigenvalue weighted by Gasteiger charge is 2.47. The highest BCUT2D eigenvalue weighted by atomic mass is 16.6. The molecule has 3 heterocycles. The highest BCUT2D eigenvalue weighted by Crippen LogP contribution is 2.37. The van der Waals surface area contributed by atoms with E-state index in [4.69, 9.17) is 14.2 Å². The van der Waals surface area contributed by atoms with Crippen molar-refractivity contribution < 1.29 is 44.2 Å². The monoisotopic (exact) mass is 678 g/mol. The molecule has 0 aromatic heterocycles. The molecule has 0 bridgehead atoms. The van der Waals surface area contributed by atoms with Crippen LogP contribution >= 0.6 is 0 Å². The van der Waals surface area contributed by atoms with Gasteiger partial charge in [-0.3, -0.25) is 4.79 Å². The Labute approximate surface area is 287 Å². The van der Waals surface area contributed by atoms with Gasteiger partial charge in [-0.05, 0) is 77.6 Å². The van der Waals surface area contributed by atoms with Gasteiger partial charge < -0.3 is 44.4 Å². The summed E-state index contributed by atoms with van der Waals surface area (Å²) >= 11 is 0. The van der Waals surface area contributed by atoms with E-state index in [1.54, 1.807) is 49.1 Å². The molecule has 0 aromatic rings. The molecular weight excluding hydrogens is 616 g/mol. The fraction of sp³-hybridized carbons (Fsp3) is 0.784. The van der Waals surface area contributed by atoms with E-state index < -0.39 is 47.7 Å². The standard InChI is InChI=1S/C37H62N2O9/c1-8-18-38-19-11-20-39(22-21-38)35(43)47-31-14-13-26(4)33(48-32(42)23-28(40)15-17-37(31,7)45)25(3)12-10-16-36(6,44)24-30-34(46-30)27(5)29(41)9-2/h10,12-14,16,26-31,33-34,40-41,44-45H,8-9,11,15,17-24H2,1-7H3/b14-13-,16-10+,25-12+. The molecule has 3 rings (SSSR count). The zero-order valence-corrected chi connectivity index (χ0v) is 30.2. The number of epoxide rings is 1. The van der Waals surface area contributed by atoms with Gasteiger partial charge >= 0.3 is 12.1 Å². The third-order valence-corrected chi connectivity index (χ3v) is 9.98. The fourth-order valence-corrected chi connectivity index (χ4v) is 6.68. The molecular formula is C37H62N2O9. The lowest BCUT2D eigenvalue weighted by Crippen LogP contribution is -2.45. The van der Waals surface area contributed by atoms with E-state index in [0.29, 0.717) is 31.5 Å². The SMILES string of the molecule is CCCN1CCCN(C(=O)OC2/C=C\C(C)C(/C(C)=C/C=C/C(C)(O)CC3OC3C(C)C(O)CC)OC(=O)CC(O)CCC2(C)O)CC1. The maximum absolute atomic E-state index is 13.3. The van der Waals surface area contributed by atoms with Gasteiger partial charge in [-0.1, -0.05) is 52.0 Å². The van der Waals surface area contributed by atoms with Crippen molar-refractivity contribution in [1.82, 2.24) is 9.80 Å². The lowest BCUT2D eigenvalue weighted by molar-refractivity contribution is -0.151. The largest absolute Gasteiger partial charge is 0.457 e. The van der Waals surface area contributed by atoms with Gasteiger partial charge in [0.25, 0.3) is 0 Å². The van der Waals surface area contributed by atoms with Crippen LogP contribution in [-0.4, -0.2) is 123 Å². The average Bonchev–Trinajstić information content (AvgIpc) is 3.82. The van der Waals surface area contributed by atoms with Gasteiger partial charge in [-0.2, -0.15) is 0 Å². The number of carbonyl (C=O) groups excluding carboxylic acids is 2. The van der Waals surface area contributed by atoms with Gasteiger partial charge in [-0.25, -0.2) is 4.79 Å². The zero-order valence-electron chi connectivity index (χ0n) is 30.2. The van der Waals surface area contributed by atoms with Crippen molar-refractivity contribution >= 4 is 12.1 Å². The van der Waals surface area contributed by atoms with E-state index >= 15 is 0 Å². The first kappa shape index (κ1) is 40.2. The summed E-state index contributed by atoms with van der Waals surface area (Å²) in [5.74, 6) is -0.942. The van der Waals surface area contributed by atoms with Crippen molar-refractivity contribution in [3.8, 4) is 0 Å². The summed E-state index contributed by atoms with van der Waals surface area (Å²) in [6, 6.07) is 0. The normalized spacial score (nSPS) is 34.6. The number of ether oxygens (including phenoxy) is 3. The first-order valence-electron chi connectivity index (χ1n) is 17.9. The van der Waals surface area contributed by atoms with E-state index in [9.17, 15) is 30.0 Å². The molecule has 0 aromatic carbocycles. The second-order valence-corrected chi connectivity index (χ2v) is 14.7. The average molecular weight is 679 g/mol. The number of carbonyl (C=O) groups is 2. The number of hydrogen-bond donors (Lipinski definition) is 4. The molecule has 1 amide bonds. The van der Waals surface area contributed by atoms with Gasteiger partial charge in [0.2, 0.25) is 0 Å². The zero-order chi connectivity index (χ0) is 35.6. The Morgan fingerprint density at radius 1 is 1.23 bits per heavy atom. The molecule has 0 saturated carbocycles. The van der Waals surface area contributed by atoms with Crippen LogP contribution < -0.4 is 0 Å². The van der Waals surface area contributed by atoms with E-state index in [1.807, 2.05) is 27.7 Å². The number of amides is 1. The van der Waals surface area contributed by atoms with Crippen LogP contribution in [0.4, 0.5) is 4.79 Å². The number of nitrogens with zero attached hydrogens (tertiary/aromatic N) is 2. The maximum atomic E-state index is 13.3. The molecule has 0 radical (unpaired) electrons. The lowest BCUT2D eigenvalue weighted by atomic mass is 9.88. The Kier molecular flexibility index (Phi) is 15.1. The Hall–Kier alpha value is -2.28. The van der Waals surface area contributed by atoms with Crippen molar-refractivity contribution in [1.29, 1.82) is 0 Å². The van der Waals surface area contributed by atoms with Gasteiger partial charge in [0.1, 0.15) is 11.7 Å². The molecule has 10 atom stereocenters. The van der Waals surface area contributed by atoms with E-state index in [-0.39, 0.29) is 43.3 Å². The molecule has 4 N–H and O–H groups in total. The van der Waals surface area contributed by atoms with Gasteiger partial charge in [0, 0.05) is 37.9 Å². The summed E-state index contributed by atoms with van der Waals surface area (Å²) in [5.41, 5.74) is -1.93. The van der Waals surface area contributed by atoms with Crippen molar-refractivity contribution in [2.24, 2.45) is 11.8 Å².